The Kier molecular flexibility index (Phi) is 10.3. The Bertz CT molecular complexity index is 1530. The van der Waals surface area contributed by atoms with Crippen molar-refractivity contribution in [2.24, 2.45) is 0 Å². The number of aromatic nitrogens is 4. The molecule has 1 N–H and O–H groups in total. The van der Waals surface area contributed by atoms with Crippen LogP contribution in [0, 0.1) is 0 Å². The van der Waals surface area contributed by atoms with Gasteiger partial charge in [0.1, 0.15) is 17.7 Å². The predicted octanol–water partition coefficient (Wildman–Crippen LogP) is 4.41. The lowest BCUT2D eigenvalue weighted by Crippen LogP contribution is -2.45. The van der Waals surface area contributed by atoms with Gasteiger partial charge in [0.05, 0.1) is 24.2 Å². The zero-order valence-corrected chi connectivity index (χ0v) is 25.5. The van der Waals surface area contributed by atoms with Crippen LogP contribution in [-0.4, -0.2) is 101 Å². The molecule has 234 valence electrons. The molecule has 1 aliphatic heterocycles. The van der Waals surface area contributed by atoms with Gasteiger partial charge in [-0.3, -0.25) is 9.36 Å². The number of nitrogens with zero attached hydrogens (tertiary/aromatic N) is 7. The Morgan fingerprint density at radius 3 is 2.39 bits per heavy atom. The van der Waals surface area contributed by atoms with Crippen molar-refractivity contribution < 1.29 is 18.3 Å². The van der Waals surface area contributed by atoms with Crippen molar-refractivity contribution in [3.8, 4) is 5.82 Å². The largest absolute Gasteiger partial charge is 0.378 e. The van der Waals surface area contributed by atoms with Crippen LogP contribution in [0.5, 0.6) is 0 Å². The molecule has 0 saturated carbocycles. The zero-order valence-electron chi connectivity index (χ0n) is 25.5. The Morgan fingerprint density at radius 2 is 1.66 bits per heavy atom. The molecule has 0 bridgehead atoms. The van der Waals surface area contributed by atoms with Crippen LogP contribution < -0.4 is 10.2 Å². The minimum atomic E-state index is -2.82. The highest BCUT2D eigenvalue weighted by Crippen LogP contribution is 2.29. The van der Waals surface area contributed by atoms with E-state index in [0.717, 1.165) is 19.4 Å². The third kappa shape index (κ3) is 7.67. The molecule has 0 spiro atoms. The number of amides is 1. The molecule has 4 aromatic rings. The third-order valence-electron chi connectivity index (χ3n) is 7.63. The van der Waals surface area contributed by atoms with Crippen molar-refractivity contribution in [3.05, 3.63) is 72.1 Å². The average Bonchev–Trinajstić information content (AvgIpc) is 3.43. The van der Waals surface area contributed by atoms with E-state index < -0.39 is 18.3 Å². The summed E-state index contributed by atoms with van der Waals surface area (Å²) in [5.74, 6) is 0.509. The number of hydrogen-bond donors (Lipinski definition) is 1. The maximum Gasteiger partial charge on any atom is 0.296 e. The minimum Gasteiger partial charge on any atom is -0.378 e. The van der Waals surface area contributed by atoms with Crippen LogP contribution in [0.3, 0.4) is 0 Å². The standard InChI is InChI=1S/C32H40F2N8O2/c1-23(31(43)41(17-16-39(2)3)15-9-12-24-10-5-4-6-11-24)35-32-37-27(40-18-20-44-21-19-40)22-28(38-32)42-26-14-8-7-13-25(26)36-30(42)29(33)34/h4-8,10-11,13-14,22-23,29H,9,12,15-21H2,1-3H3,(H,35,37,38)/t23-/m0/s1. The third-order valence-corrected chi connectivity index (χ3v) is 7.63. The lowest BCUT2D eigenvalue weighted by Gasteiger charge is -2.29. The second-order valence-corrected chi connectivity index (χ2v) is 11.2. The van der Waals surface area contributed by atoms with Gasteiger partial charge in [0.25, 0.3) is 6.43 Å². The van der Waals surface area contributed by atoms with Crippen molar-refractivity contribution >= 4 is 28.7 Å². The first-order valence-corrected chi connectivity index (χ1v) is 15.0. The van der Waals surface area contributed by atoms with Crippen LogP contribution in [0.4, 0.5) is 20.5 Å². The molecule has 1 aliphatic rings. The van der Waals surface area contributed by atoms with Crippen LogP contribution in [0.2, 0.25) is 0 Å². The average molecular weight is 607 g/mol. The fourth-order valence-electron chi connectivity index (χ4n) is 5.29. The van der Waals surface area contributed by atoms with Crippen LogP contribution in [0.1, 0.15) is 31.2 Å². The monoisotopic (exact) mass is 606 g/mol. The molecule has 12 heteroatoms. The molecule has 0 radical (unpaired) electrons. The molecule has 0 aliphatic carbocycles. The number of rotatable bonds is 13. The number of alkyl halides is 2. The van der Waals surface area contributed by atoms with E-state index in [1.54, 1.807) is 37.3 Å². The van der Waals surface area contributed by atoms with Crippen molar-refractivity contribution in [2.45, 2.75) is 32.2 Å². The smallest absolute Gasteiger partial charge is 0.296 e. The van der Waals surface area contributed by atoms with E-state index in [0.29, 0.717) is 56.2 Å². The number of nitrogens with one attached hydrogen (secondary N) is 1. The Balaban J connectivity index is 1.42. The molecule has 1 atom stereocenters. The summed E-state index contributed by atoms with van der Waals surface area (Å²) in [6.45, 7) is 5.92. The maximum absolute atomic E-state index is 14.2. The van der Waals surface area contributed by atoms with Gasteiger partial charge in [-0.15, -0.1) is 0 Å². The lowest BCUT2D eigenvalue weighted by molar-refractivity contribution is -0.131. The van der Waals surface area contributed by atoms with E-state index in [1.165, 1.54) is 10.1 Å². The molecule has 3 heterocycles. The number of carbonyl (C=O) groups excluding carboxylic acids is 1. The van der Waals surface area contributed by atoms with Crippen molar-refractivity contribution in [2.75, 3.05) is 70.2 Å². The van der Waals surface area contributed by atoms with E-state index in [4.69, 9.17) is 9.72 Å². The number of para-hydroxylation sites is 2. The van der Waals surface area contributed by atoms with E-state index in [9.17, 15) is 13.6 Å². The van der Waals surface area contributed by atoms with Crippen molar-refractivity contribution in [3.63, 3.8) is 0 Å². The predicted molar refractivity (Wildman–Crippen MR) is 168 cm³/mol. The number of anilines is 2. The first-order valence-electron chi connectivity index (χ1n) is 15.0. The van der Waals surface area contributed by atoms with Gasteiger partial charge in [0.2, 0.25) is 11.9 Å². The number of aryl methyl sites for hydroxylation is 1. The van der Waals surface area contributed by atoms with Crippen LogP contribution in [-0.2, 0) is 16.0 Å². The number of halogens is 2. The Hall–Kier alpha value is -4.16. The van der Waals surface area contributed by atoms with Gasteiger partial charge >= 0.3 is 0 Å². The number of likely N-dealkylation sites (N-methyl/N-ethyl adjacent to an activating group) is 1. The molecule has 0 unspecified atom stereocenters. The highest BCUT2D eigenvalue weighted by Gasteiger charge is 2.25. The molecular weight excluding hydrogens is 566 g/mol. The highest BCUT2D eigenvalue weighted by atomic mass is 19.3. The number of hydrogen-bond acceptors (Lipinski definition) is 8. The normalized spacial score (nSPS) is 14.4. The summed E-state index contributed by atoms with van der Waals surface area (Å²) in [5, 5.41) is 3.19. The van der Waals surface area contributed by atoms with Gasteiger partial charge < -0.3 is 24.8 Å². The summed E-state index contributed by atoms with van der Waals surface area (Å²) >= 11 is 0. The maximum atomic E-state index is 14.2. The Morgan fingerprint density at radius 1 is 0.955 bits per heavy atom. The van der Waals surface area contributed by atoms with Gasteiger partial charge in [-0.05, 0) is 51.6 Å². The second-order valence-electron chi connectivity index (χ2n) is 11.2. The SMILES string of the molecule is C[C@H](Nc1nc(N2CCOCC2)cc(-n2c(C(F)F)nc3ccccc32)n1)C(=O)N(CCCc1ccccc1)CCN(C)C. The fraction of sp³-hybridized carbons (Fsp3) is 0.438. The van der Waals surface area contributed by atoms with E-state index in [-0.39, 0.29) is 17.7 Å². The summed E-state index contributed by atoms with van der Waals surface area (Å²) in [7, 11) is 3.96. The number of fused-ring (bicyclic) bond motifs is 1. The van der Waals surface area contributed by atoms with E-state index in [2.05, 4.69) is 27.4 Å². The number of morpholine rings is 1. The lowest BCUT2D eigenvalue weighted by atomic mass is 10.1. The number of carbonyl (C=O) groups is 1. The molecular formula is C32H40F2N8O2. The fourth-order valence-corrected chi connectivity index (χ4v) is 5.29. The molecule has 5 rings (SSSR count). The van der Waals surface area contributed by atoms with Crippen molar-refractivity contribution in [1.82, 2.24) is 29.3 Å². The molecule has 1 amide bonds. The quantitative estimate of drug-likeness (QED) is 0.239. The molecule has 2 aromatic carbocycles. The topological polar surface area (TPSA) is 91.6 Å². The molecule has 2 aromatic heterocycles. The van der Waals surface area contributed by atoms with Crippen molar-refractivity contribution in [1.29, 1.82) is 0 Å². The zero-order chi connectivity index (χ0) is 31.1. The molecule has 1 saturated heterocycles. The van der Waals surface area contributed by atoms with Crippen LogP contribution in [0.25, 0.3) is 16.9 Å². The molecule has 10 nitrogen and oxygen atoms in total. The number of benzene rings is 2. The molecule has 44 heavy (non-hydrogen) atoms. The van der Waals surface area contributed by atoms with Gasteiger partial charge in [-0.2, -0.15) is 9.97 Å². The number of ether oxygens (including phenoxy) is 1. The first-order chi connectivity index (χ1) is 21.3. The summed E-state index contributed by atoms with van der Waals surface area (Å²) in [6.07, 6.45) is -1.12. The van der Waals surface area contributed by atoms with Gasteiger partial charge in [-0.1, -0.05) is 42.5 Å². The van der Waals surface area contributed by atoms with Crippen LogP contribution >= 0.6 is 0 Å². The Labute approximate surface area is 256 Å². The highest BCUT2D eigenvalue weighted by molar-refractivity contribution is 5.84. The summed E-state index contributed by atoms with van der Waals surface area (Å²) in [6, 6.07) is 18.2. The number of imidazole rings is 1. The second kappa shape index (κ2) is 14.5. The van der Waals surface area contributed by atoms with Gasteiger partial charge in [0, 0.05) is 38.8 Å². The first kappa shape index (κ1) is 31.3. The summed E-state index contributed by atoms with van der Waals surface area (Å²) < 4.78 is 35.3. The van der Waals surface area contributed by atoms with Crippen LogP contribution in [0.15, 0.2) is 60.7 Å². The van der Waals surface area contributed by atoms with E-state index in [1.807, 2.05) is 47.0 Å². The van der Waals surface area contributed by atoms with Gasteiger partial charge in [0.15, 0.2) is 5.82 Å². The van der Waals surface area contributed by atoms with Gasteiger partial charge in [-0.25, -0.2) is 13.8 Å². The summed E-state index contributed by atoms with van der Waals surface area (Å²) in [4.78, 5) is 33.3. The van der Waals surface area contributed by atoms with E-state index >= 15 is 0 Å². The molecule has 1 fully saturated rings. The summed E-state index contributed by atoms with van der Waals surface area (Å²) in [5.41, 5.74) is 2.19. The minimum absolute atomic E-state index is 0.0804.